The van der Waals surface area contributed by atoms with Gasteiger partial charge in [0.15, 0.2) is 0 Å². The molecular formula is C17H24N2O. The minimum Gasteiger partial charge on any atom is -0.324 e. The molecule has 3 heteroatoms. The number of hydrogen-bond donors (Lipinski definition) is 1. The molecule has 0 unspecified atom stereocenters. The Labute approximate surface area is 121 Å². The van der Waals surface area contributed by atoms with Crippen LogP contribution in [0.5, 0.6) is 0 Å². The van der Waals surface area contributed by atoms with Crippen LogP contribution in [0, 0.1) is 13.8 Å². The maximum atomic E-state index is 12.6. The molecule has 1 aliphatic heterocycles. The first-order valence-corrected chi connectivity index (χ1v) is 7.39. The molecule has 2 rings (SSSR count). The number of rotatable bonds is 4. The predicted molar refractivity (Wildman–Crippen MR) is 84.0 cm³/mol. The van der Waals surface area contributed by atoms with Crippen LogP contribution in [0.3, 0.4) is 0 Å². The SMILES string of the molecule is CCCN1CC=CC[C@H]1C(=O)Nc1c(C)cccc1C. The van der Waals surface area contributed by atoms with Gasteiger partial charge in [0, 0.05) is 12.2 Å². The standard InChI is InChI=1S/C17H24N2O/c1-4-11-19-12-6-5-10-15(19)17(20)18-16-13(2)8-7-9-14(16)3/h5-9,15H,4,10-12H2,1-3H3,(H,18,20)/t15-/m0/s1. The topological polar surface area (TPSA) is 32.3 Å². The minimum atomic E-state index is -0.0426. The summed E-state index contributed by atoms with van der Waals surface area (Å²) in [6.07, 6.45) is 6.14. The predicted octanol–water partition coefficient (Wildman–Crippen LogP) is 3.28. The van der Waals surface area contributed by atoms with Crippen LogP contribution in [-0.2, 0) is 4.79 Å². The van der Waals surface area contributed by atoms with Gasteiger partial charge in [-0.25, -0.2) is 0 Å². The van der Waals surface area contributed by atoms with Crippen LogP contribution in [0.2, 0.25) is 0 Å². The lowest BCUT2D eigenvalue weighted by atomic mass is 10.0. The fourth-order valence-electron chi connectivity index (χ4n) is 2.74. The van der Waals surface area contributed by atoms with E-state index in [0.29, 0.717) is 0 Å². The van der Waals surface area contributed by atoms with Crippen molar-refractivity contribution in [1.29, 1.82) is 0 Å². The van der Waals surface area contributed by atoms with Crippen molar-refractivity contribution in [1.82, 2.24) is 4.90 Å². The third-order valence-electron chi connectivity index (χ3n) is 3.85. The molecule has 1 heterocycles. The fraction of sp³-hybridized carbons (Fsp3) is 0.471. The average Bonchev–Trinajstić information content (AvgIpc) is 2.44. The van der Waals surface area contributed by atoms with Gasteiger partial charge >= 0.3 is 0 Å². The van der Waals surface area contributed by atoms with E-state index in [1.165, 1.54) is 0 Å². The van der Waals surface area contributed by atoms with Gasteiger partial charge in [-0.3, -0.25) is 9.69 Å². The molecule has 108 valence electrons. The molecule has 1 aromatic rings. The van der Waals surface area contributed by atoms with Crippen LogP contribution in [0.25, 0.3) is 0 Å². The van der Waals surface area contributed by atoms with Crippen molar-refractivity contribution in [2.45, 2.75) is 39.7 Å². The summed E-state index contributed by atoms with van der Waals surface area (Å²) in [5.74, 6) is 0.111. The molecule has 0 saturated heterocycles. The van der Waals surface area contributed by atoms with Crippen molar-refractivity contribution >= 4 is 11.6 Å². The van der Waals surface area contributed by atoms with Crippen LogP contribution >= 0.6 is 0 Å². The van der Waals surface area contributed by atoms with Crippen LogP contribution in [0.1, 0.15) is 30.9 Å². The van der Waals surface area contributed by atoms with E-state index in [1.54, 1.807) is 0 Å². The van der Waals surface area contributed by atoms with Crippen molar-refractivity contribution in [3.63, 3.8) is 0 Å². The van der Waals surface area contributed by atoms with Gasteiger partial charge in [0.1, 0.15) is 0 Å². The quantitative estimate of drug-likeness (QED) is 0.853. The molecule has 0 saturated carbocycles. The Balaban J connectivity index is 2.12. The lowest BCUT2D eigenvalue weighted by Crippen LogP contribution is -2.46. The van der Waals surface area contributed by atoms with Crippen molar-refractivity contribution in [3.05, 3.63) is 41.5 Å². The van der Waals surface area contributed by atoms with Crippen LogP contribution < -0.4 is 5.32 Å². The maximum Gasteiger partial charge on any atom is 0.242 e. The summed E-state index contributed by atoms with van der Waals surface area (Å²) < 4.78 is 0. The first-order chi connectivity index (χ1) is 9.63. The monoisotopic (exact) mass is 272 g/mol. The number of aryl methyl sites for hydroxylation is 2. The number of anilines is 1. The molecule has 0 bridgehead atoms. The van der Waals surface area contributed by atoms with E-state index in [0.717, 1.165) is 42.7 Å². The van der Waals surface area contributed by atoms with Crippen molar-refractivity contribution in [2.75, 3.05) is 18.4 Å². The molecule has 0 aromatic heterocycles. The molecule has 0 spiro atoms. The van der Waals surface area contributed by atoms with Gasteiger partial charge in [0.2, 0.25) is 5.91 Å². The Morgan fingerprint density at radius 3 is 2.65 bits per heavy atom. The summed E-state index contributed by atoms with van der Waals surface area (Å²) in [5.41, 5.74) is 3.20. The number of nitrogens with zero attached hydrogens (tertiary/aromatic N) is 1. The van der Waals surface area contributed by atoms with Gasteiger partial charge in [-0.05, 0) is 44.4 Å². The number of benzene rings is 1. The summed E-state index contributed by atoms with van der Waals surface area (Å²) in [5, 5.41) is 3.12. The van der Waals surface area contributed by atoms with Crippen molar-refractivity contribution in [3.8, 4) is 0 Å². The molecule has 1 amide bonds. The second kappa shape index (κ2) is 6.71. The smallest absolute Gasteiger partial charge is 0.242 e. The molecule has 3 nitrogen and oxygen atoms in total. The summed E-state index contributed by atoms with van der Waals surface area (Å²) >= 11 is 0. The van der Waals surface area contributed by atoms with E-state index in [-0.39, 0.29) is 11.9 Å². The second-order valence-electron chi connectivity index (χ2n) is 5.47. The van der Waals surface area contributed by atoms with E-state index in [4.69, 9.17) is 0 Å². The number of carbonyl (C=O) groups excluding carboxylic acids is 1. The minimum absolute atomic E-state index is 0.0426. The molecule has 1 N–H and O–H groups in total. The highest BCUT2D eigenvalue weighted by Gasteiger charge is 2.26. The molecule has 1 aromatic carbocycles. The molecule has 1 aliphatic rings. The van der Waals surface area contributed by atoms with Crippen molar-refractivity contribution < 1.29 is 4.79 Å². The average molecular weight is 272 g/mol. The highest BCUT2D eigenvalue weighted by Crippen LogP contribution is 2.21. The Kier molecular flexibility index (Phi) is 4.96. The van der Waals surface area contributed by atoms with Gasteiger partial charge in [-0.15, -0.1) is 0 Å². The van der Waals surface area contributed by atoms with E-state index in [2.05, 4.69) is 29.3 Å². The fourth-order valence-corrected chi connectivity index (χ4v) is 2.74. The second-order valence-corrected chi connectivity index (χ2v) is 5.47. The van der Waals surface area contributed by atoms with Gasteiger partial charge in [-0.2, -0.15) is 0 Å². The lowest BCUT2D eigenvalue weighted by Gasteiger charge is -2.31. The summed E-state index contributed by atoms with van der Waals surface area (Å²) in [6.45, 7) is 8.06. The largest absolute Gasteiger partial charge is 0.324 e. The number of nitrogens with one attached hydrogen (secondary N) is 1. The Morgan fingerprint density at radius 1 is 1.30 bits per heavy atom. The molecular weight excluding hydrogens is 248 g/mol. The van der Waals surface area contributed by atoms with E-state index in [1.807, 2.05) is 32.0 Å². The third kappa shape index (κ3) is 3.28. The normalized spacial score (nSPS) is 19.1. The molecule has 0 radical (unpaired) electrons. The molecule has 0 fully saturated rings. The zero-order valence-electron chi connectivity index (χ0n) is 12.6. The first-order valence-electron chi connectivity index (χ1n) is 7.39. The van der Waals surface area contributed by atoms with E-state index >= 15 is 0 Å². The first kappa shape index (κ1) is 14.8. The Bertz CT molecular complexity index is 487. The summed E-state index contributed by atoms with van der Waals surface area (Å²) in [7, 11) is 0. The van der Waals surface area contributed by atoms with Gasteiger partial charge < -0.3 is 5.32 Å². The van der Waals surface area contributed by atoms with E-state index in [9.17, 15) is 4.79 Å². The Morgan fingerprint density at radius 2 is 2.00 bits per heavy atom. The van der Waals surface area contributed by atoms with Gasteiger partial charge in [0.05, 0.1) is 6.04 Å². The zero-order valence-corrected chi connectivity index (χ0v) is 12.6. The molecule has 20 heavy (non-hydrogen) atoms. The number of hydrogen-bond acceptors (Lipinski definition) is 2. The van der Waals surface area contributed by atoms with E-state index < -0.39 is 0 Å². The number of carbonyl (C=O) groups is 1. The highest BCUT2D eigenvalue weighted by atomic mass is 16.2. The lowest BCUT2D eigenvalue weighted by molar-refractivity contribution is -0.121. The maximum absolute atomic E-state index is 12.6. The van der Waals surface area contributed by atoms with Crippen molar-refractivity contribution in [2.24, 2.45) is 0 Å². The van der Waals surface area contributed by atoms with Gasteiger partial charge in [0.25, 0.3) is 0 Å². The summed E-state index contributed by atoms with van der Waals surface area (Å²) in [4.78, 5) is 14.8. The Hall–Kier alpha value is -1.61. The summed E-state index contributed by atoms with van der Waals surface area (Å²) in [6, 6.07) is 6.05. The van der Waals surface area contributed by atoms with Crippen LogP contribution in [-0.4, -0.2) is 29.9 Å². The molecule has 0 aliphatic carbocycles. The number of para-hydroxylation sites is 1. The van der Waals surface area contributed by atoms with Crippen LogP contribution in [0.15, 0.2) is 30.4 Å². The molecule has 1 atom stereocenters. The van der Waals surface area contributed by atoms with Gasteiger partial charge in [-0.1, -0.05) is 37.3 Å². The highest BCUT2D eigenvalue weighted by molar-refractivity contribution is 5.96. The zero-order chi connectivity index (χ0) is 14.5. The third-order valence-corrected chi connectivity index (χ3v) is 3.85. The van der Waals surface area contributed by atoms with Crippen LogP contribution in [0.4, 0.5) is 5.69 Å². The number of amides is 1.